The van der Waals surface area contributed by atoms with Crippen LogP contribution in [0.1, 0.15) is 0 Å². The Bertz CT molecular complexity index is 844. The predicted octanol–water partition coefficient (Wildman–Crippen LogP) is 4.21. The summed E-state index contributed by atoms with van der Waals surface area (Å²) in [6.45, 7) is 0. The van der Waals surface area contributed by atoms with Crippen molar-refractivity contribution in [3.05, 3.63) is 81.5 Å². The molecule has 3 aromatic rings. The van der Waals surface area contributed by atoms with Crippen molar-refractivity contribution in [3.63, 3.8) is 0 Å². The maximum atomic E-state index is 12.0. The zero-order chi connectivity index (χ0) is 14.8. The molecule has 3 nitrogen and oxygen atoms in total. The summed E-state index contributed by atoms with van der Waals surface area (Å²) in [6, 6.07) is 14.6. The second-order valence-electron chi connectivity index (χ2n) is 4.46. The van der Waals surface area contributed by atoms with E-state index in [0.29, 0.717) is 21.3 Å². The van der Waals surface area contributed by atoms with Crippen LogP contribution in [0.4, 0.5) is 0 Å². The van der Waals surface area contributed by atoms with Crippen molar-refractivity contribution >= 4 is 23.2 Å². The van der Waals surface area contributed by atoms with Crippen molar-refractivity contribution in [3.8, 4) is 16.8 Å². The van der Waals surface area contributed by atoms with Crippen LogP contribution in [0, 0.1) is 0 Å². The van der Waals surface area contributed by atoms with Crippen LogP contribution in [0.25, 0.3) is 16.8 Å². The standard InChI is InChI=1S/C16H10Cl2N2O/c17-12-6-7-15(14(18)8-12)20-9-13(16(21)19-10-20)11-4-2-1-3-5-11/h1-10H. The monoisotopic (exact) mass is 316 g/mol. The first-order valence-corrected chi connectivity index (χ1v) is 7.00. The molecule has 21 heavy (non-hydrogen) atoms. The Kier molecular flexibility index (Phi) is 3.78. The third-order valence-corrected chi connectivity index (χ3v) is 3.61. The fourth-order valence-corrected chi connectivity index (χ4v) is 2.56. The average Bonchev–Trinajstić information content (AvgIpc) is 2.49. The predicted molar refractivity (Wildman–Crippen MR) is 85.3 cm³/mol. The second kappa shape index (κ2) is 5.72. The van der Waals surface area contributed by atoms with E-state index in [4.69, 9.17) is 23.2 Å². The SMILES string of the molecule is O=c1ncn(-c2ccc(Cl)cc2Cl)cc1-c1ccccc1. The van der Waals surface area contributed by atoms with E-state index in [1.807, 2.05) is 30.3 Å². The van der Waals surface area contributed by atoms with Crippen molar-refractivity contribution in [1.82, 2.24) is 9.55 Å². The van der Waals surface area contributed by atoms with Crippen LogP contribution < -0.4 is 5.56 Å². The van der Waals surface area contributed by atoms with E-state index in [-0.39, 0.29) is 5.56 Å². The highest BCUT2D eigenvalue weighted by Crippen LogP contribution is 2.25. The Morgan fingerprint density at radius 1 is 1.00 bits per heavy atom. The topological polar surface area (TPSA) is 34.9 Å². The van der Waals surface area contributed by atoms with Crippen molar-refractivity contribution in [2.75, 3.05) is 0 Å². The molecule has 0 fully saturated rings. The van der Waals surface area contributed by atoms with Crippen LogP contribution >= 0.6 is 23.2 Å². The summed E-state index contributed by atoms with van der Waals surface area (Å²) in [6.07, 6.45) is 3.17. The smallest absolute Gasteiger partial charge is 0.280 e. The summed E-state index contributed by atoms with van der Waals surface area (Å²) in [7, 11) is 0. The lowest BCUT2D eigenvalue weighted by Gasteiger charge is -2.10. The molecule has 0 unspecified atom stereocenters. The van der Waals surface area contributed by atoms with E-state index in [2.05, 4.69) is 4.98 Å². The molecule has 2 aromatic carbocycles. The molecule has 0 amide bonds. The Morgan fingerprint density at radius 3 is 2.48 bits per heavy atom. The molecular weight excluding hydrogens is 307 g/mol. The summed E-state index contributed by atoms with van der Waals surface area (Å²) in [4.78, 5) is 15.9. The molecule has 0 spiro atoms. The van der Waals surface area contributed by atoms with E-state index >= 15 is 0 Å². The lowest BCUT2D eigenvalue weighted by Crippen LogP contribution is -2.12. The van der Waals surface area contributed by atoms with E-state index < -0.39 is 0 Å². The van der Waals surface area contributed by atoms with Crippen molar-refractivity contribution < 1.29 is 0 Å². The Balaban J connectivity index is 2.16. The van der Waals surface area contributed by atoms with E-state index in [9.17, 15) is 4.79 Å². The first-order chi connectivity index (χ1) is 10.1. The Labute approximate surface area is 131 Å². The third kappa shape index (κ3) is 2.84. The first-order valence-electron chi connectivity index (χ1n) is 6.24. The average molecular weight is 317 g/mol. The van der Waals surface area contributed by atoms with Crippen molar-refractivity contribution in [2.24, 2.45) is 0 Å². The Morgan fingerprint density at radius 2 is 1.76 bits per heavy atom. The van der Waals surface area contributed by atoms with Gasteiger partial charge in [0, 0.05) is 11.2 Å². The van der Waals surface area contributed by atoms with Gasteiger partial charge in [-0.2, -0.15) is 4.98 Å². The van der Waals surface area contributed by atoms with Gasteiger partial charge in [-0.15, -0.1) is 0 Å². The molecule has 0 atom stereocenters. The van der Waals surface area contributed by atoms with E-state index in [1.165, 1.54) is 6.33 Å². The van der Waals surface area contributed by atoms with Gasteiger partial charge in [0.1, 0.15) is 6.33 Å². The van der Waals surface area contributed by atoms with Gasteiger partial charge in [-0.05, 0) is 23.8 Å². The fourth-order valence-electron chi connectivity index (χ4n) is 2.05. The molecule has 0 aliphatic carbocycles. The highest BCUT2D eigenvalue weighted by atomic mass is 35.5. The minimum atomic E-state index is -0.275. The minimum absolute atomic E-state index is 0.275. The number of nitrogens with zero attached hydrogens (tertiary/aromatic N) is 2. The molecule has 0 N–H and O–H groups in total. The molecule has 0 saturated carbocycles. The fraction of sp³-hybridized carbons (Fsp3) is 0. The van der Waals surface area contributed by atoms with Gasteiger partial charge in [0.25, 0.3) is 5.56 Å². The molecule has 1 heterocycles. The molecule has 0 bridgehead atoms. The zero-order valence-corrected chi connectivity index (χ0v) is 12.3. The summed E-state index contributed by atoms with van der Waals surface area (Å²) in [5.41, 5.74) is 1.77. The van der Waals surface area contributed by atoms with Crippen LogP contribution in [0.2, 0.25) is 10.0 Å². The molecular formula is C16H10Cl2N2O. The molecule has 1 aromatic heterocycles. The normalized spacial score (nSPS) is 10.6. The van der Waals surface area contributed by atoms with Crippen molar-refractivity contribution in [2.45, 2.75) is 0 Å². The van der Waals surface area contributed by atoms with Gasteiger partial charge >= 0.3 is 0 Å². The molecule has 0 radical (unpaired) electrons. The molecule has 3 rings (SSSR count). The summed E-state index contributed by atoms with van der Waals surface area (Å²) >= 11 is 12.1. The summed E-state index contributed by atoms with van der Waals surface area (Å²) in [5.74, 6) is 0. The number of aromatic nitrogens is 2. The number of rotatable bonds is 2. The maximum Gasteiger partial charge on any atom is 0.280 e. The minimum Gasteiger partial charge on any atom is -0.305 e. The summed E-state index contributed by atoms with van der Waals surface area (Å²) < 4.78 is 1.71. The van der Waals surface area contributed by atoms with Crippen LogP contribution in [0.5, 0.6) is 0 Å². The molecule has 5 heteroatoms. The lowest BCUT2D eigenvalue weighted by molar-refractivity contribution is 0.966. The number of halogens is 2. The molecule has 104 valence electrons. The van der Waals surface area contributed by atoms with Gasteiger partial charge in [0.15, 0.2) is 0 Å². The first kappa shape index (κ1) is 13.9. The van der Waals surface area contributed by atoms with Gasteiger partial charge in [-0.1, -0.05) is 53.5 Å². The number of benzene rings is 2. The lowest BCUT2D eigenvalue weighted by atomic mass is 10.1. The third-order valence-electron chi connectivity index (χ3n) is 3.07. The second-order valence-corrected chi connectivity index (χ2v) is 5.31. The highest BCUT2D eigenvalue weighted by molar-refractivity contribution is 6.35. The van der Waals surface area contributed by atoms with Crippen LogP contribution in [-0.4, -0.2) is 9.55 Å². The van der Waals surface area contributed by atoms with Crippen LogP contribution in [0.3, 0.4) is 0 Å². The van der Waals surface area contributed by atoms with Gasteiger partial charge in [-0.3, -0.25) is 4.79 Å². The number of hydrogen-bond donors (Lipinski definition) is 0. The van der Waals surface area contributed by atoms with Gasteiger partial charge < -0.3 is 4.57 Å². The van der Waals surface area contributed by atoms with Gasteiger partial charge in [0.2, 0.25) is 0 Å². The van der Waals surface area contributed by atoms with Gasteiger partial charge in [-0.25, -0.2) is 0 Å². The molecule has 0 aliphatic heterocycles. The van der Waals surface area contributed by atoms with Crippen molar-refractivity contribution in [1.29, 1.82) is 0 Å². The molecule has 0 aliphatic rings. The van der Waals surface area contributed by atoms with Gasteiger partial charge in [0.05, 0.1) is 16.3 Å². The van der Waals surface area contributed by atoms with Crippen LogP contribution in [0.15, 0.2) is 65.8 Å². The summed E-state index contributed by atoms with van der Waals surface area (Å²) in [5, 5.41) is 1.05. The van der Waals surface area contributed by atoms with E-state index in [0.717, 1.165) is 5.56 Å². The van der Waals surface area contributed by atoms with E-state index in [1.54, 1.807) is 29.0 Å². The quantitative estimate of drug-likeness (QED) is 0.710. The van der Waals surface area contributed by atoms with Crippen LogP contribution in [-0.2, 0) is 0 Å². The highest BCUT2D eigenvalue weighted by Gasteiger charge is 2.08. The Hall–Kier alpha value is -2.10. The zero-order valence-electron chi connectivity index (χ0n) is 10.8. The molecule has 0 saturated heterocycles. The largest absolute Gasteiger partial charge is 0.305 e. The maximum absolute atomic E-state index is 12.0. The number of hydrogen-bond acceptors (Lipinski definition) is 2.